The van der Waals surface area contributed by atoms with Crippen LogP contribution in [0.25, 0.3) is 0 Å². The molecule has 2 unspecified atom stereocenters. The monoisotopic (exact) mass is 240 g/mol. The first-order chi connectivity index (χ1) is 7.94. The van der Waals surface area contributed by atoms with Gasteiger partial charge in [0.2, 0.25) is 0 Å². The van der Waals surface area contributed by atoms with E-state index in [0.717, 1.165) is 25.7 Å². The maximum Gasteiger partial charge on any atom is 0.312 e. The summed E-state index contributed by atoms with van der Waals surface area (Å²) in [6.07, 6.45) is 5.36. The molecular weight excluding hydrogens is 212 g/mol. The highest BCUT2D eigenvalue weighted by atomic mass is 16.5. The smallest absolute Gasteiger partial charge is 0.312 e. The van der Waals surface area contributed by atoms with Crippen molar-refractivity contribution in [1.82, 2.24) is 0 Å². The molecule has 0 radical (unpaired) electrons. The molecule has 1 aliphatic carbocycles. The SMILES string of the molecule is CCOC(=O)C1(CC)CCCC(C)(C)C1CC. The maximum atomic E-state index is 12.4. The lowest BCUT2D eigenvalue weighted by molar-refractivity contribution is -0.168. The highest BCUT2D eigenvalue weighted by molar-refractivity contribution is 5.77. The number of carbonyl (C=O) groups is 1. The van der Waals surface area contributed by atoms with Gasteiger partial charge in [0.1, 0.15) is 0 Å². The molecule has 0 aliphatic heterocycles. The number of ether oxygens (including phenoxy) is 1. The van der Waals surface area contributed by atoms with E-state index < -0.39 is 0 Å². The molecule has 0 N–H and O–H groups in total. The van der Waals surface area contributed by atoms with Crippen molar-refractivity contribution in [3.63, 3.8) is 0 Å². The third-order valence-electron chi connectivity index (χ3n) is 4.78. The average Bonchev–Trinajstić information content (AvgIpc) is 2.27. The van der Waals surface area contributed by atoms with E-state index in [9.17, 15) is 4.79 Å². The molecule has 2 heteroatoms. The van der Waals surface area contributed by atoms with Gasteiger partial charge < -0.3 is 4.74 Å². The van der Waals surface area contributed by atoms with Crippen LogP contribution < -0.4 is 0 Å². The summed E-state index contributed by atoms with van der Waals surface area (Å²) >= 11 is 0. The van der Waals surface area contributed by atoms with E-state index in [1.165, 1.54) is 6.42 Å². The topological polar surface area (TPSA) is 26.3 Å². The van der Waals surface area contributed by atoms with Crippen molar-refractivity contribution in [1.29, 1.82) is 0 Å². The third kappa shape index (κ3) is 2.51. The second-order valence-corrected chi connectivity index (χ2v) is 6.03. The van der Waals surface area contributed by atoms with Crippen molar-refractivity contribution in [3.8, 4) is 0 Å². The predicted molar refractivity (Wildman–Crippen MR) is 70.8 cm³/mol. The Kier molecular flexibility index (Phi) is 4.62. The van der Waals surface area contributed by atoms with E-state index in [2.05, 4.69) is 27.7 Å². The highest BCUT2D eigenvalue weighted by Gasteiger charge is 2.52. The minimum atomic E-state index is -0.230. The van der Waals surface area contributed by atoms with Crippen LogP contribution in [0, 0.1) is 16.7 Å². The average molecular weight is 240 g/mol. The second-order valence-electron chi connectivity index (χ2n) is 6.03. The third-order valence-corrected chi connectivity index (χ3v) is 4.78. The summed E-state index contributed by atoms with van der Waals surface area (Å²) in [7, 11) is 0. The fraction of sp³-hybridized carbons (Fsp3) is 0.933. The molecule has 2 atom stereocenters. The lowest BCUT2D eigenvalue weighted by atomic mass is 9.54. The Labute approximate surface area is 106 Å². The van der Waals surface area contributed by atoms with Gasteiger partial charge in [-0.1, -0.05) is 40.5 Å². The molecule has 1 fully saturated rings. The number of rotatable bonds is 4. The van der Waals surface area contributed by atoms with Crippen LogP contribution in [0.2, 0.25) is 0 Å². The van der Waals surface area contributed by atoms with Crippen LogP contribution in [-0.2, 0) is 9.53 Å². The lowest BCUT2D eigenvalue weighted by Gasteiger charge is -2.50. The Morgan fingerprint density at radius 2 is 1.88 bits per heavy atom. The van der Waals surface area contributed by atoms with Gasteiger partial charge in [0.15, 0.2) is 0 Å². The van der Waals surface area contributed by atoms with Crippen LogP contribution in [0.4, 0.5) is 0 Å². The first-order valence-electron chi connectivity index (χ1n) is 7.11. The summed E-state index contributed by atoms with van der Waals surface area (Å²) in [4.78, 5) is 12.4. The molecule has 1 rings (SSSR count). The zero-order chi connectivity index (χ0) is 13.1. The van der Waals surface area contributed by atoms with Crippen molar-refractivity contribution >= 4 is 5.97 Å². The van der Waals surface area contributed by atoms with Crippen LogP contribution >= 0.6 is 0 Å². The van der Waals surface area contributed by atoms with Crippen molar-refractivity contribution < 1.29 is 9.53 Å². The first kappa shape index (κ1) is 14.5. The van der Waals surface area contributed by atoms with E-state index in [-0.39, 0.29) is 16.8 Å². The summed E-state index contributed by atoms with van der Waals surface area (Å²) < 4.78 is 5.36. The Hall–Kier alpha value is -0.530. The summed E-state index contributed by atoms with van der Waals surface area (Å²) in [5.74, 6) is 0.495. The van der Waals surface area contributed by atoms with Gasteiger partial charge in [-0.25, -0.2) is 0 Å². The van der Waals surface area contributed by atoms with Gasteiger partial charge >= 0.3 is 5.97 Å². The normalized spacial score (nSPS) is 32.2. The Morgan fingerprint density at radius 3 is 2.35 bits per heavy atom. The van der Waals surface area contributed by atoms with E-state index in [4.69, 9.17) is 4.74 Å². The summed E-state index contributed by atoms with van der Waals surface area (Å²) in [5, 5.41) is 0. The summed E-state index contributed by atoms with van der Waals surface area (Å²) in [6.45, 7) is 11.4. The fourth-order valence-corrected chi connectivity index (χ4v) is 3.99. The van der Waals surface area contributed by atoms with Crippen LogP contribution in [0.3, 0.4) is 0 Å². The minimum absolute atomic E-state index is 0.0436. The predicted octanol–water partition coefficient (Wildman–Crippen LogP) is 4.18. The molecule has 0 aromatic carbocycles. The first-order valence-corrected chi connectivity index (χ1v) is 7.11. The van der Waals surface area contributed by atoms with Gasteiger partial charge in [0, 0.05) is 0 Å². The fourth-order valence-electron chi connectivity index (χ4n) is 3.99. The van der Waals surface area contributed by atoms with Crippen molar-refractivity contribution in [3.05, 3.63) is 0 Å². The number of hydrogen-bond acceptors (Lipinski definition) is 2. The van der Waals surface area contributed by atoms with Crippen LogP contribution in [0.1, 0.15) is 66.7 Å². The van der Waals surface area contributed by atoms with Crippen LogP contribution in [0.5, 0.6) is 0 Å². The molecule has 0 amide bonds. The largest absolute Gasteiger partial charge is 0.466 e. The zero-order valence-electron chi connectivity index (χ0n) is 12.1. The molecule has 0 saturated heterocycles. The molecular formula is C15H28O2. The maximum absolute atomic E-state index is 12.4. The quantitative estimate of drug-likeness (QED) is 0.689. The molecule has 1 aliphatic rings. The van der Waals surface area contributed by atoms with E-state index in [0.29, 0.717) is 12.5 Å². The Morgan fingerprint density at radius 1 is 1.24 bits per heavy atom. The van der Waals surface area contributed by atoms with Gasteiger partial charge in [0.05, 0.1) is 12.0 Å². The molecule has 0 heterocycles. The second kappa shape index (κ2) is 5.41. The minimum Gasteiger partial charge on any atom is -0.466 e. The molecule has 17 heavy (non-hydrogen) atoms. The van der Waals surface area contributed by atoms with E-state index in [1.807, 2.05) is 6.92 Å². The van der Waals surface area contributed by atoms with Crippen molar-refractivity contribution in [2.45, 2.75) is 66.7 Å². The summed E-state index contributed by atoms with van der Waals surface area (Å²) in [6, 6.07) is 0. The molecule has 1 saturated carbocycles. The molecule has 2 nitrogen and oxygen atoms in total. The number of esters is 1. The van der Waals surface area contributed by atoms with Gasteiger partial charge in [-0.05, 0) is 37.5 Å². The van der Waals surface area contributed by atoms with Gasteiger partial charge in [-0.15, -0.1) is 0 Å². The van der Waals surface area contributed by atoms with Crippen molar-refractivity contribution in [2.24, 2.45) is 16.7 Å². The highest BCUT2D eigenvalue weighted by Crippen LogP contribution is 2.54. The van der Waals surface area contributed by atoms with E-state index in [1.54, 1.807) is 0 Å². The molecule has 0 aromatic rings. The standard InChI is InChI=1S/C15H28O2/c1-6-12-14(4,5)10-9-11-15(12,7-2)13(16)17-8-3/h12H,6-11H2,1-5H3. The van der Waals surface area contributed by atoms with Gasteiger partial charge in [0.25, 0.3) is 0 Å². The molecule has 100 valence electrons. The van der Waals surface area contributed by atoms with Gasteiger partial charge in [-0.2, -0.15) is 0 Å². The van der Waals surface area contributed by atoms with E-state index >= 15 is 0 Å². The Bertz CT molecular complexity index is 270. The van der Waals surface area contributed by atoms with Crippen molar-refractivity contribution in [2.75, 3.05) is 6.61 Å². The lowest BCUT2D eigenvalue weighted by Crippen LogP contribution is -2.48. The molecule has 0 bridgehead atoms. The van der Waals surface area contributed by atoms with Gasteiger partial charge in [-0.3, -0.25) is 4.79 Å². The van der Waals surface area contributed by atoms with Crippen LogP contribution in [0.15, 0.2) is 0 Å². The number of hydrogen-bond donors (Lipinski definition) is 0. The Balaban J connectivity index is 3.06. The zero-order valence-corrected chi connectivity index (χ0v) is 12.1. The summed E-state index contributed by atoms with van der Waals surface area (Å²) in [5.41, 5.74) is 0.0300. The molecule has 0 spiro atoms. The van der Waals surface area contributed by atoms with Crippen LogP contribution in [-0.4, -0.2) is 12.6 Å². The number of carbonyl (C=O) groups excluding carboxylic acids is 1. The molecule has 0 aromatic heterocycles.